The van der Waals surface area contributed by atoms with Gasteiger partial charge in [0, 0.05) is 11.6 Å². The number of carbonyl (C=O) groups excluding carboxylic acids is 2. The molecule has 6 nitrogen and oxygen atoms in total. The number of hydrogen-bond acceptors (Lipinski definition) is 5. The van der Waals surface area contributed by atoms with Gasteiger partial charge in [-0.25, -0.2) is 0 Å². The number of hydrogen-bond donors (Lipinski definition) is 0. The molecule has 1 aliphatic heterocycles. The van der Waals surface area contributed by atoms with Crippen molar-refractivity contribution < 1.29 is 23.8 Å². The van der Waals surface area contributed by atoms with E-state index in [-0.39, 0.29) is 12.6 Å². The molecule has 1 amide bonds. The number of fused-ring (bicyclic) bond motifs is 1. The van der Waals surface area contributed by atoms with Crippen LogP contribution >= 0.6 is 0 Å². The minimum atomic E-state index is -0.0983. The monoisotopic (exact) mass is 327 g/mol. The molecule has 3 rings (SSSR count). The summed E-state index contributed by atoms with van der Waals surface area (Å²) in [5, 5.41) is 0. The average Bonchev–Trinajstić information content (AvgIpc) is 2.64. The molecular weight excluding hydrogens is 310 g/mol. The molecule has 0 atom stereocenters. The van der Waals surface area contributed by atoms with Crippen LogP contribution in [0.5, 0.6) is 17.2 Å². The zero-order valence-corrected chi connectivity index (χ0v) is 13.2. The van der Waals surface area contributed by atoms with Crippen LogP contribution in [-0.2, 0) is 0 Å². The number of methoxy groups -OCH3 is 1. The summed E-state index contributed by atoms with van der Waals surface area (Å²) in [4.78, 5) is 24.6. The van der Waals surface area contributed by atoms with Crippen molar-refractivity contribution in [3.05, 3.63) is 53.6 Å². The molecule has 0 fully saturated rings. The van der Waals surface area contributed by atoms with Gasteiger partial charge in [0.15, 0.2) is 6.73 Å². The van der Waals surface area contributed by atoms with Crippen molar-refractivity contribution in [1.82, 2.24) is 4.90 Å². The van der Waals surface area contributed by atoms with Crippen LogP contribution in [0.2, 0.25) is 0 Å². The van der Waals surface area contributed by atoms with Gasteiger partial charge in [0.1, 0.15) is 30.1 Å². The van der Waals surface area contributed by atoms with E-state index in [1.54, 1.807) is 54.5 Å². The number of aldehydes is 1. The Hall–Kier alpha value is -3.02. The molecule has 0 bridgehead atoms. The first-order valence-electron chi connectivity index (χ1n) is 7.49. The molecule has 0 radical (unpaired) electrons. The fourth-order valence-electron chi connectivity index (χ4n) is 2.38. The van der Waals surface area contributed by atoms with Crippen molar-refractivity contribution in [3.8, 4) is 17.2 Å². The first kappa shape index (κ1) is 15.9. The predicted molar refractivity (Wildman–Crippen MR) is 86.9 cm³/mol. The van der Waals surface area contributed by atoms with Crippen LogP contribution in [0.15, 0.2) is 42.5 Å². The molecule has 2 aromatic rings. The molecule has 124 valence electrons. The van der Waals surface area contributed by atoms with E-state index in [1.807, 2.05) is 0 Å². The Morgan fingerprint density at radius 2 is 1.92 bits per heavy atom. The second-order valence-corrected chi connectivity index (χ2v) is 5.24. The third-order valence-electron chi connectivity index (χ3n) is 3.73. The largest absolute Gasteiger partial charge is 0.497 e. The average molecular weight is 327 g/mol. The number of amides is 1. The Morgan fingerprint density at radius 1 is 1.17 bits per heavy atom. The third-order valence-corrected chi connectivity index (χ3v) is 3.73. The van der Waals surface area contributed by atoms with Gasteiger partial charge in [-0.15, -0.1) is 0 Å². The molecule has 6 heteroatoms. The fraction of sp³-hybridized carbons (Fsp3) is 0.222. The Balaban J connectivity index is 1.58. The lowest BCUT2D eigenvalue weighted by Crippen LogP contribution is -2.40. The lowest BCUT2D eigenvalue weighted by Gasteiger charge is -2.28. The van der Waals surface area contributed by atoms with Gasteiger partial charge in [0.2, 0.25) is 0 Å². The highest BCUT2D eigenvalue weighted by Crippen LogP contribution is 2.29. The summed E-state index contributed by atoms with van der Waals surface area (Å²) < 4.78 is 16.3. The lowest BCUT2D eigenvalue weighted by atomic mass is 10.1. The normalized spacial score (nSPS) is 13.0. The van der Waals surface area contributed by atoms with Crippen LogP contribution in [0, 0.1) is 0 Å². The predicted octanol–water partition coefficient (Wildman–Crippen LogP) is 2.38. The zero-order valence-electron chi connectivity index (χ0n) is 13.2. The maximum Gasteiger partial charge on any atom is 0.260 e. The quantitative estimate of drug-likeness (QED) is 0.762. The number of ether oxygens (including phenoxy) is 3. The number of rotatable bonds is 6. The van der Waals surface area contributed by atoms with Crippen molar-refractivity contribution in [2.75, 3.05) is 27.0 Å². The van der Waals surface area contributed by atoms with E-state index in [0.717, 1.165) is 6.29 Å². The molecule has 2 aromatic carbocycles. The standard InChI is InChI=1S/C18H17NO5/c1-22-15-6-7-16-17(10-15)24-12-19(18(16)21)8-9-23-14-4-2-13(11-20)3-5-14/h2-7,10-11H,8-9,12H2,1H3. The van der Waals surface area contributed by atoms with Crippen molar-refractivity contribution >= 4 is 12.2 Å². The number of carbonyl (C=O) groups is 2. The van der Waals surface area contributed by atoms with Gasteiger partial charge < -0.3 is 19.1 Å². The van der Waals surface area contributed by atoms with Gasteiger partial charge in [-0.1, -0.05) is 0 Å². The van der Waals surface area contributed by atoms with E-state index in [4.69, 9.17) is 14.2 Å². The number of nitrogens with zero attached hydrogens (tertiary/aromatic N) is 1. The highest BCUT2D eigenvalue weighted by atomic mass is 16.5. The van der Waals surface area contributed by atoms with Crippen LogP contribution in [0.1, 0.15) is 20.7 Å². The Kier molecular flexibility index (Phi) is 4.65. The van der Waals surface area contributed by atoms with Gasteiger partial charge in [0.25, 0.3) is 5.91 Å². The summed E-state index contributed by atoms with van der Waals surface area (Å²) in [6.07, 6.45) is 0.778. The lowest BCUT2D eigenvalue weighted by molar-refractivity contribution is 0.0481. The molecule has 24 heavy (non-hydrogen) atoms. The van der Waals surface area contributed by atoms with Crippen LogP contribution in [0.4, 0.5) is 0 Å². The summed E-state index contributed by atoms with van der Waals surface area (Å²) in [6, 6.07) is 11.9. The van der Waals surface area contributed by atoms with Crippen molar-refractivity contribution in [2.45, 2.75) is 0 Å². The molecule has 0 unspecified atom stereocenters. The van der Waals surface area contributed by atoms with E-state index in [2.05, 4.69) is 0 Å². The van der Waals surface area contributed by atoms with E-state index >= 15 is 0 Å². The highest BCUT2D eigenvalue weighted by molar-refractivity contribution is 5.97. The molecule has 1 aliphatic rings. The van der Waals surface area contributed by atoms with Gasteiger partial charge in [-0.3, -0.25) is 9.59 Å². The minimum Gasteiger partial charge on any atom is -0.497 e. The zero-order chi connectivity index (χ0) is 16.9. The van der Waals surface area contributed by atoms with Crippen LogP contribution in [0.3, 0.4) is 0 Å². The Morgan fingerprint density at radius 3 is 2.62 bits per heavy atom. The van der Waals surface area contributed by atoms with Gasteiger partial charge in [-0.2, -0.15) is 0 Å². The smallest absolute Gasteiger partial charge is 0.260 e. The van der Waals surface area contributed by atoms with Crippen molar-refractivity contribution in [2.24, 2.45) is 0 Å². The van der Waals surface area contributed by atoms with Crippen molar-refractivity contribution in [1.29, 1.82) is 0 Å². The van der Waals surface area contributed by atoms with E-state index in [9.17, 15) is 9.59 Å². The Labute approximate surface area is 139 Å². The molecule has 0 aliphatic carbocycles. The molecule has 0 N–H and O–H groups in total. The van der Waals surface area contributed by atoms with E-state index in [0.29, 0.717) is 41.5 Å². The summed E-state index contributed by atoms with van der Waals surface area (Å²) in [7, 11) is 1.57. The summed E-state index contributed by atoms with van der Waals surface area (Å²) >= 11 is 0. The molecule has 1 heterocycles. The van der Waals surface area contributed by atoms with Gasteiger partial charge >= 0.3 is 0 Å². The molecule has 0 saturated heterocycles. The van der Waals surface area contributed by atoms with E-state index < -0.39 is 0 Å². The summed E-state index contributed by atoms with van der Waals surface area (Å²) in [5.74, 6) is 1.73. The maximum atomic E-state index is 12.5. The topological polar surface area (TPSA) is 65.1 Å². The summed E-state index contributed by atoms with van der Waals surface area (Å²) in [5.41, 5.74) is 1.10. The van der Waals surface area contributed by atoms with Crippen LogP contribution in [-0.4, -0.2) is 44.1 Å². The molecule has 0 aromatic heterocycles. The van der Waals surface area contributed by atoms with Gasteiger partial charge in [-0.05, 0) is 36.4 Å². The first-order valence-corrected chi connectivity index (χ1v) is 7.49. The second-order valence-electron chi connectivity index (χ2n) is 5.24. The molecule has 0 spiro atoms. The highest BCUT2D eigenvalue weighted by Gasteiger charge is 2.25. The van der Waals surface area contributed by atoms with E-state index in [1.165, 1.54) is 0 Å². The number of benzene rings is 2. The summed E-state index contributed by atoms with van der Waals surface area (Å²) in [6.45, 7) is 0.910. The second kappa shape index (κ2) is 7.04. The Bertz CT molecular complexity index is 742. The first-order chi connectivity index (χ1) is 11.7. The minimum absolute atomic E-state index is 0.0983. The SMILES string of the molecule is COc1ccc2c(c1)OCN(CCOc1ccc(C=O)cc1)C2=O. The van der Waals surface area contributed by atoms with Crippen LogP contribution < -0.4 is 14.2 Å². The van der Waals surface area contributed by atoms with Crippen molar-refractivity contribution in [3.63, 3.8) is 0 Å². The fourth-order valence-corrected chi connectivity index (χ4v) is 2.38. The maximum absolute atomic E-state index is 12.5. The third kappa shape index (κ3) is 3.32. The molecule has 0 saturated carbocycles. The van der Waals surface area contributed by atoms with Gasteiger partial charge in [0.05, 0.1) is 19.2 Å². The molecular formula is C18H17NO5. The van der Waals surface area contributed by atoms with Crippen LogP contribution in [0.25, 0.3) is 0 Å².